The van der Waals surface area contributed by atoms with E-state index in [0.29, 0.717) is 11.3 Å². The van der Waals surface area contributed by atoms with Crippen molar-refractivity contribution in [1.29, 1.82) is 0 Å². The first kappa shape index (κ1) is 18.7. The van der Waals surface area contributed by atoms with Crippen LogP contribution in [0.5, 0.6) is 0 Å². The molecule has 0 spiro atoms. The van der Waals surface area contributed by atoms with Crippen LogP contribution in [0.25, 0.3) is 5.69 Å². The first-order valence-electron chi connectivity index (χ1n) is 8.57. The van der Waals surface area contributed by atoms with E-state index in [4.69, 9.17) is 5.11 Å². The molecule has 1 amide bonds. The smallest absolute Gasteiger partial charge is 0.274 e. The summed E-state index contributed by atoms with van der Waals surface area (Å²) in [5.74, 6) is -0.878. The van der Waals surface area contributed by atoms with Gasteiger partial charge in [-0.1, -0.05) is 29.8 Å². The first-order chi connectivity index (χ1) is 12.9. The lowest BCUT2D eigenvalue weighted by Crippen LogP contribution is -2.24. The number of benzene rings is 2. The number of aliphatic hydroxyl groups excluding tert-OH is 1. The average molecular weight is 368 g/mol. The molecule has 3 rings (SSSR count). The fraction of sp³-hybridized carbons (Fsp3) is 0.250. The Morgan fingerprint density at radius 2 is 1.93 bits per heavy atom. The molecule has 0 aliphatic rings. The third-order valence-electron chi connectivity index (χ3n) is 4.31. The van der Waals surface area contributed by atoms with Gasteiger partial charge in [-0.05, 0) is 44.0 Å². The molecular weight excluding hydrogens is 347 g/mol. The number of carbonyl (C=O) groups excluding carboxylic acids is 1. The Kier molecular flexibility index (Phi) is 5.32. The Hall–Kier alpha value is -3.06. The van der Waals surface area contributed by atoms with Crippen LogP contribution in [0.1, 0.15) is 38.4 Å². The normalized spacial score (nSPS) is 10.9. The number of aryl methyl sites for hydroxylation is 3. The van der Waals surface area contributed by atoms with Gasteiger partial charge in [-0.3, -0.25) is 4.79 Å². The molecule has 0 saturated carbocycles. The molecule has 0 fully saturated rings. The van der Waals surface area contributed by atoms with Crippen molar-refractivity contribution in [2.24, 2.45) is 0 Å². The van der Waals surface area contributed by atoms with E-state index in [9.17, 15) is 9.18 Å². The molecule has 1 heterocycles. The molecule has 0 bridgehead atoms. The molecule has 2 N–H and O–H groups in total. The zero-order valence-electron chi connectivity index (χ0n) is 15.5. The van der Waals surface area contributed by atoms with E-state index in [2.05, 4.69) is 15.5 Å². The Morgan fingerprint density at radius 3 is 2.59 bits per heavy atom. The summed E-state index contributed by atoms with van der Waals surface area (Å²) in [6.07, 6.45) is 0. The highest BCUT2D eigenvalue weighted by Crippen LogP contribution is 2.15. The molecule has 140 valence electrons. The molecule has 0 saturated heterocycles. The lowest BCUT2D eigenvalue weighted by molar-refractivity contribution is 0.0944. The van der Waals surface area contributed by atoms with Crippen LogP contribution in [0.4, 0.5) is 4.39 Å². The second-order valence-electron chi connectivity index (χ2n) is 6.48. The highest BCUT2D eigenvalue weighted by atomic mass is 19.1. The van der Waals surface area contributed by atoms with Crippen molar-refractivity contribution in [3.05, 3.63) is 75.9 Å². The molecule has 0 radical (unpaired) electrons. The van der Waals surface area contributed by atoms with Crippen LogP contribution in [-0.2, 0) is 13.2 Å². The van der Waals surface area contributed by atoms with E-state index in [-0.39, 0.29) is 30.3 Å². The number of nitrogens with one attached hydrogen (secondary N) is 1. The van der Waals surface area contributed by atoms with E-state index >= 15 is 0 Å². The van der Waals surface area contributed by atoms with Crippen molar-refractivity contribution in [3.63, 3.8) is 0 Å². The van der Waals surface area contributed by atoms with Crippen molar-refractivity contribution < 1.29 is 14.3 Å². The van der Waals surface area contributed by atoms with Crippen molar-refractivity contribution in [3.8, 4) is 5.69 Å². The van der Waals surface area contributed by atoms with Crippen molar-refractivity contribution in [2.45, 2.75) is 33.9 Å². The summed E-state index contributed by atoms with van der Waals surface area (Å²) >= 11 is 0. The molecule has 0 unspecified atom stereocenters. The van der Waals surface area contributed by atoms with Gasteiger partial charge in [0.15, 0.2) is 5.69 Å². The topological polar surface area (TPSA) is 80.0 Å². The molecule has 3 aromatic rings. The number of hydrogen-bond donors (Lipinski definition) is 2. The van der Waals surface area contributed by atoms with Gasteiger partial charge in [0.1, 0.15) is 5.82 Å². The van der Waals surface area contributed by atoms with Gasteiger partial charge in [-0.15, -0.1) is 5.10 Å². The third kappa shape index (κ3) is 4.03. The number of halogens is 1. The van der Waals surface area contributed by atoms with Crippen LogP contribution < -0.4 is 5.32 Å². The first-order valence-corrected chi connectivity index (χ1v) is 8.57. The van der Waals surface area contributed by atoms with Crippen LogP contribution in [0, 0.1) is 26.6 Å². The minimum atomic E-state index is -0.499. The lowest BCUT2D eigenvalue weighted by Gasteiger charge is -2.06. The summed E-state index contributed by atoms with van der Waals surface area (Å²) in [5, 5.41) is 20.4. The number of carbonyl (C=O) groups is 1. The van der Waals surface area contributed by atoms with E-state index in [1.807, 2.05) is 32.0 Å². The van der Waals surface area contributed by atoms with Gasteiger partial charge in [0.25, 0.3) is 5.91 Å². The van der Waals surface area contributed by atoms with Gasteiger partial charge in [-0.2, -0.15) is 9.90 Å². The number of hydrogen-bond acceptors (Lipinski definition) is 4. The van der Waals surface area contributed by atoms with Crippen molar-refractivity contribution >= 4 is 5.91 Å². The second-order valence-corrected chi connectivity index (χ2v) is 6.48. The summed E-state index contributed by atoms with van der Waals surface area (Å²) in [6, 6.07) is 10.4. The SMILES string of the molecule is Cc1ccc(-n2nc(C)c(C(=O)NCc3ccc(CO)c(F)c3)n2)c(C)c1. The summed E-state index contributed by atoms with van der Waals surface area (Å²) in [4.78, 5) is 13.9. The molecule has 0 aliphatic carbocycles. The predicted octanol–water partition coefficient (Wildman–Crippen LogP) is 2.75. The third-order valence-corrected chi connectivity index (χ3v) is 4.31. The zero-order valence-corrected chi connectivity index (χ0v) is 15.5. The molecule has 6 nitrogen and oxygen atoms in total. The molecule has 7 heteroatoms. The summed E-state index contributed by atoms with van der Waals surface area (Å²) in [5.41, 5.74) is 4.50. The summed E-state index contributed by atoms with van der Waals surface area (Å²) in [6.45, 7) is 5.48. The Bertz CT molecular complexity index is 998. The van der Waals surface area contributed by atoms with Gasteiger partial charge in [0, 0.05) is 12.1 Å². The number of aromatic nitrogens is 3. The van der Waals surface area contributed by atoms with Gasteiger partial charge in [-0.25, -0.2) is 4.39 Å². The lowest BCUT2D eigenvalue weighted by atomic mass is 10.1. The summed E-state index contributed by atoms with van der Waals surface area (Å²) in [7, 11) is 0. The van der Waals surface area contributed by atoms with Crippen LogP contribution in [0.2, 0.25) is 0 Å². The Labute approximate surface area is 156 Å². The van der Waals surface area contributed by atoms with Crippen molar-refractivity contribution in [1.82, 2.24) is 20.3 Å². The van der Waals surface area contributed by atoms with Gasteiger partial charge < -0.3 is 10.4 Å². The Balaban J connectivity index is 1.75. The Morgan fingerprint density at radius 1 is 1.15 bits per heavy atom. The fourth-order valence-electron chi connectivity index (χ4n) is 2.82. The highest BCUT2D eigenvalue weighted by molar-refractivity contribution is 5.93. The molecule has 0 atom stereocenters. The maximum absolute atomic E-state index is 13.7. The van der Waals surface area contributed by atoms with Gasteiger partial charge in [0.2, 0.25) is 0 Å². The predicted molar refractivity (Wildman–Crippen MR) is 99.1 cm³/mol. The molecule has 27 heavy (non-hydrogen) atoms. The number of nitrogens with zero attached hydrogens (tertiary/aromatic N) is 3. The zero-order chi connectivity index (χ0) is 19.6. The highest BCUT2D eigenvalue weighted by Gasteiger charge is 2.17. The van der Waals surface area contributed by atoms with E-state index in [0.717, 1.165) is 16.8 Å². The number of rotatable bonds is 5. The van der Waals surface area contributed by atoms with Crippen LogP contribution in [0.3, 0.4) is 0 Å². The monoisotopic (exact) mass is 368 g/mol. The minimum absolute atomic E-state index is 0.150. The fourth-order valence-corrected chi connectivity index (χ4v) is 2.82. The molecule has 0 aliphatic heterocycles. The molecule has 2 aromatic carbocycles. The minimum Gasteiger partial charge on any atom is -0.392 e. The maximum Gasteiger partial charge on any atom is 0.274 e. The van der Waals surface area contributed by atoms with Crippen LogP contribution in [-0.4, -0.2) is 26.0 Å². The largest absolute Gasteiger partial charge is 0.392 e. The summed E-state index contributed by atoms with van der Waals surface area (Å²) < 4.78 is 13.7. The quantitative estimate of drug-likeness (QED) is 0.726. The maximum atomic E-state index is 13.7. The average Bonchev–Trinajstić information content (AvgIpc) is 3.01. The van der Waals surface area contributed by atoms with E-state index in [1.165, 1.54) is 16.9 Å². The van der Waals surface area contributed by atoms with Crippen LogP contribution >= 0.6 is 0 Å². The number of amides is 1. The standard InChI is InChI=1S/C20H21FN4O2/c1-12-4-7-18(13(2)8-12)25-23-14(3)19(24-25)20(27)22-10-15-5-6-16(11-26)17(21)9-15/h4-9,26H,10-11H2,1-3H3,(H,22,27). The van der Waals surface area contributed by atoms with Crippen LogP contribution in [0.15, 0.2) is 36.4 Å². The van der Waals surface area contributed by atoms with E-state index in [1.54, 1.807) is 13.0 Å². The second kappa shape index (κ2) is 7.67. The molecular formula is C20H21FN4O2. The van der Waals surface area contributed by atoms with E-state index < -0.39 is 5.82 Å². The van der Waals surface area contributed by atoms with Gasteiger partial charge >= 0.3 is 0 Å². The van der Waals surface area contributed by atoms with Gasteiger partial charge in [0.05, 0.1) is 18.0 Å². The van der Waals surface area contributed by atoms with Crippen molar-refractivity contribution in [2.75, 3.05) is 0 Å². The number of aliphatic hydroxyl groups is 1. The molecule has 1 aromatic heterocycles.